The van der Waals surface area contributed by atoms with Gasteiger partial charge in [-0.2, -0.15) is 5.10 Å². The molecule has 2 aromatic rings. The predicted molar refractivity (Wildman–Crippen MR) is 79.4 cm³/mol. The maximum Gasteiger partial charge on any atom is 0.0532 e. The molecule has 2 aliphatic heterocycles. The molecule has 1 N–H and O–H groups in total. The van der Waals surface area contributed by atoms with Crippen molar-refractivity contribution < 1.29 is 0 Å². The first kappa shape index (κ1) is 12.2. The minimum Gasteiger partial charge on any atom is -0.295 e. The minimum atomic E-state index is 0.697. The van der Waals surface area contributed by atoms with E-state index in [1.807, 2.05) is 12.4 Å². The highest BCUT2D eigenvalue weighted by atomic mass is 15.2. The number of nitrogens with zero attached hydrogens (tertiary/aromatic N) is 2. The molecule has 1 aromatic carbocycles. The van der Waals surface area contributed by atoms with Gasteiger partial charge in [-0.15, -0.1) is 0 Å². The third-order valence-corrected chi connectivity index (χ3v) is 4.94. The maximum absolute atomic E-state index is 4.08. The molecular weight excluding hydrogens is 246 g/mol. The van der Waals surface area contributed by atoms with Crippen LogP contribution in [0.2, 0.25) is 0 Å². The fourth-order valence-electron chi connectivity index (χ4n) is 3.89. The van der Waals surface area contributed by atoms with Gasteiger partial charge in [-0.1, -0.05) is 24.3 Å². The Labute approximate surface area is 120 Å². The second kappa shape index (κ2) is 5.06. The van der Waals surface area contributed by atoms with Gasteiger partial charge in [0.25, 0.3) is 0 Å². The number of piperidine rings is 1. The minimum absolute atomic E-state index is 0.697. The Hall–Kier alpha value is -1.61. The van der Waals surface area contributed by atoms with Crippen LogP contribution in [0.5, 0.6) is 0 Å². The van der Waals surface area contributed by atoms with Crippen molar-refractivity contribution >= 4 is 0 Å². The van der Waals surface area contributed by atoms with Crippen LogP contribution in [0.15, 0.2) is 36.7 Å². The topological polar surface area (TPSA) is 31.9 Å². The molecule has 1 fully saturated rings. The second-order valence-corrected chi connectivity index (χ2v) is 6.31. The van der Waals surface area contributed by atoms with Crippen molar-refractivity contribution in [1.82, 2.24) is 15.1 Å². The number of nitrogens with one attached hydrogen (secondary N) is 1. The lowest BCUT2D eigenvalue weighted by Crippen LogP contribution is -2.46. The van der Waals surface area contributed by atoms with E-state index in [9.17, 15) is 0 Å². The summed E-state index contributed by atoms with van der Waals surface area (Å²) < 4.78 is 0. The normalized spacial score (nSPS) is 26.0. The molecule has 1 aromatic heterocycles. The number of rotatable bonds is 2. The number of aromatic nitrogens is 2. The van der Waals surface area contributed by atoms with Crippen LogP contribution in [0.4, 0.5) is 0 Å². The lowest BCUT2D eigenvalue weighted by molar-refractivity contribution is 0.0938. The van der Waals surface area contributed by atoms with Gasteiger partial charge in [-0.25, -0.2) is 0 Å². The van der Waals surface area contributed by atoms with Crippen molar-refractivity contribution in [2.75, 3.05) is 6.54 Å². The molecular formula is C17H21N3. The van der Waals surface area contributed by atoms with E-state index in [2.05, 4.69) is 39.4 Å². The number of benzene rings is 1. The standard InChI is InChI=1S/C17H21N3/c1-2-4-16-8-17-6-5-13(7-15(16)3-1)11-20(17)12-14-9-18-19-10-14/h1-4,9-10,13,17H,5-8,11-12H2,(H,18,19)/t13-,17+/m0/s1. The van der Waals surface area contributed by atoms with Gasteiger partial charge in [0.15, 0.2) is 0 Å². The van der Waals surface area contributed by atoms with E-state index in [-0.39, 0.29) is 0 Å². The first-order valence-corrected chi connectivity index (χ1v) is 7.67. The molecule has 3 heteroatoms. The van der Waals surface area contributed by atoms with Gasteiger partial charge in [-0.3, -0.25) is 10.00 Å². The summed E-state index contributed by atoms with van der Waals surface area (Å²) >= 11 is 0. The summed E-state index contributed by atoms with van der Waals surface area (Å²) in [6, 6.07) is 9.73. The van der Waals surface area contributed by atoms with E-state index in [1.165, 1.54) is 37.8 Å². The van der Waals surface area contributed by atoms with E-state index < -0.39 is 0 Å². The second-order valence-electron chi connectivity index (χ2n) is 6.31. The lowest BCUT2D eigenvalue weighted by Gasteiger charge is -2.42. The summed E-state index contributed by atoms with van der Waals surface area (Å²) in [5, 5.41) is 7.01. The highest BCUT2D eigenvalue weighted by molar-refractivity contribution is 5.30. The van der Waals surface area contributed by atoms with Crippen molar-refractivity contribution in [3.8, 4) is 0 Å². The predicted octanol–water partition coefficient (Wildman–Crippen LogP) is 2.79. The third kappa shape index (κ3) is 2.27. The number of hydrogen-bond acceptors (Lipinski definition) is 2. The fraction of sp³-hybridized carbons (Fsp3) is 0.471. The summed E-state index contributed by atoms with van der Waals surface area (Å²) in [6.45, 7) is 2.28. The van der Waals surface area contributed by atoms with E-state index >= 15 is 0 Å². The summed E-state index contributed by atoms with van der Waals surface area (Å²) in [5.74, 6) is 0.819. The van der Waals surface area contributed by atoms with Gasteiger partial charge >= 0.3 is 0 Å². The van der Waals surface area contributed by atoms with Gasteiger partial charge in [0.1, 0.15) is 0 Å². The van der Waals surface area contributed by atoms with Crippen LogP contribution in [0.1, 0.15) is 29.5 Å². The summed E-state index contributed by atoms with van der Waals surface area (Å²) in [6.07, 6.45) is 9.18. The quantitative estimate of drug-likeness (QED) is 0.907. The molecule has 20 heavy (non-hydrogen) atoms. The van der Waals surface area contributed by atoms with E-state index in [0.29, 0.717) is 6.04 Å². The first-order valence-electron chi connectivity index (χ1n) is 7.67. The zero-order chi connectivity index (χ0) is 13.4. The summed E-state index contributed by atoms with van der Waals surface area (Å²) in [4.78, 5) is 2.68. The van der Waals surface area contributed by atoms with E-state index in [4.69, 9.17) is 0 Å². The third-order valence-electron chi connectivity index (χ3n) is 4.94. The molecule has 2 atom stereocenters. The van der Waals surface area contributed by atoms with Crippen molar-refractivity contribution in [2.45, 2.75) is 38.3 Å². The molecule has 104 valence electrons. The maximum atomic E-state index is 4.08. The molecule has 0 saturated carbocycles. The Morgan fingerprint density at radius 2 is 2.00 bits per heavy atom. The zero-order valence-electron chi connectivity index (χ0n) is 11.8. The summed E-state index contributed by atoms with van der Waals surface area (Å²) in [5.41, 5.74) is 4.47. The van der Waals surface area contributed by atoms with Gasteiger partial charge in [0, 0.05) is 30.9 Å². The number of hydrogen-bond donors (Lipinski definition) is 1. The molecule has 1 saturated heterocycles. The SMILES string of the molecule is c1ccc2c(c1)C[C@@H]1CC[C@H](C2)N(Cc2cn[nH]c2)C1. The van der Waals surface area contributed by atoms with Crippen LogP contribution in [-0.4, -0.2) is 27.7 Å². The van der Waals surface area contributed by atoms with Gasteiger partial charge in [0.2, 0.25) is 0 Å². The van der Waals surface area contributed by atoms with Crippen molar-refractivity contribution in [3.63, 3.8) is 0 Å². The molecule has 2 bridgehead atoms. The highest BCUT2D eigenvalue weighted by Crippen LogP contribution is 2.32. The average molecular weight is 267 g/mol. The van der Waals surface area contributed by atoms with Crippen LogP contribution >= 0.6 is 0 Å². The molecule has 0 spiro atoms. The van der Waals surface area contributed by atoms with Crippen LogP contribution in [0, 0.1) is 5.92 Å². The molecule has 0 unspecified atom stereocenters. The first-order chi connectivity index (χ1) is 9.88. The molecule has 0 amide bonds. The monoisotopic (exact) mass is 267 g/mol. The Morgan fingerprint density at radius 1 is 1.15 bits per heavy atom. The summed E-state index contributed by atoms with van der Waals surface area (Å²) in [7, 11) is 0. The van der Waals surface area contributed by atoms with Crippen molar-refractivity contribution in [1.29, 1.82) is 0 Å². The Balaban J connectivity index is 1.60. The Kier molecular flexibility index (Phi) is 3.07. The van der Waals surface area contributed by atoms with Crippen LogP contribution < -0.4 is 0 Å². The molecule has 5 rings (SSSR count). The zero-order valence-corrected chi connectivity index (χ0v) is 11.8. The number of H-pyrrole nitrogens is 1. The van der Waals surface area contributed by atoms with Crippen LogP contribution in [0.3, 0.4) is 0 Å². The van der Waals surface area contributed by atoms with E-state index in [1.54, 1.807) is 11.1 Å². The van der Waals surface area contributed by atoms with E-state index in [0.717, 1.165) is 12.5 Å². The molecule has 1 aliphatic carbocycles. The van der Waals surface area contributed by atoms with Crippen LogP contribution in [0.25, 0.3) is 0 Å². The van der Waals surface area contributed by atoms with Gasteiger partial charge < -0.3 is 0 Å². The average Bonchev–Trinajstić information content (AvgIpc) is 2.93. The number of fused-ring (bicyclic) bond motifs is 2. The van der Waals surface area contributed by atoms with Crippen molar-refractivity contribution in [2.24, 2.45) is 5.92 Å². The number of aromatic amines is 1. The molecule has 3 nitrogen and oxygen atoms in total. The molecule has 0 radical (unpaired) electrons. The lowest BCUT2D eigenvalue weighted by atomic mass is 9.80. The highest BCUT2D eigenvalue weighted by Gasteiger charge is 2.31. The van der Waals surface area contributed by atoms with Gasteiger partial charge in [0.05, 0.1) is 6.20 Å². The largest absolute Gasteiger partial charge is 0.295 e. The van der Waals surface area contributed by atoms with Crippen LogP contribution in [-0.2, 0) is 19.4 Å². The Bertz CT molecular complexity index is 576. The van der Waals surface area contributed by atoms with Crippen molar-refractivity contribution in [3.05, 3.63) is 53.3 Å². The molecule has 3 aliphatic rings. The molecule has 3 heterocycles. The fourth-order valence-corrected chi connectivity index (χ4v) is 3.89. The van der Waals surface area contributed by atoms with Gasteiger partial charge in [-0.05, 0) is 42.7 Å². The smallest absolute Gasteiger partial charge is 0.0532 e. The Morgan fingerprint density at radius 3 is 2.80 bits per heavy atom.